The van der Waals surface area contributed by atoms with Crippen molar-refractivity contribution in [2.24, 2.45) is 0 Å². The molecule has 1 N–H and O–H groups in total. The molecule has 3 aromatic rings. The molecule has 2 aromatic heterocycles. The monoisotopic (exact) mass is 321 g/mol. The molecule has 5 nitrogen and oxygen atoms in total. The summed E-state index contributed by atoms with van der Waals surface area (Å²) < 4.78 is 1.97. The molecule has 0 radical (unpaired) electrons. The van der Waals surface area contributed by atoms with Crippen LogP contribution in [0.5, 0.6) is 0 Å². The average molecular weight is 321 g/mol. The molecule has 1 saturated heterocycles. The van der Waals surface area contributed by atoms with E-state index in [1.807, 2.05) is 23.3 Å². The van der Waals surface area contributed by atoms with Gasteiger partial charge in [-0.3, -0.25) is 4.90 Å². The zero-order valence-corrected chi connectivity index (χ0v) is 14.0. The molecule has 1 aliphatic heterocycles. The topological polar surface area (TPSA) is 49.7 Å². The van der Waals surface area contributed by atoms with Crippen LogP contribution in [-0.2, 0) is 6.54 Å². The lowest BCUT2D eigenvalue weighted by Gasteiger charge is -2.30. The summed E-state index contributed by atoms with van der Waals surface area (Å²) in [6, 6.07) is 8.44. The Hall–Kier alpha value is -2.40. The van der Waals surface area contributed by atoms with Crippen LogP contribution in [0.25, 0.3) is 5.69 Å². The van der Waals surface area contributed by atoms with Crippen molar-refractivity contribution in [1.82, 2.24) is 24.6 Å². The van der Waals surface area contributed by atoms with Crippen molar-refractivity contribution in [1.29, 1.82) is 0 Å². The number of piperidine rings is 1. The number of imidazole rings is 1. The Morgan fingerprint density at radius 3 is 2.88 bits per heavy atom. The van der Waals surface area contributed by atoms with Crippen LogP contribution in [0.15, 0.2) is 49.1 Å². The number of aromatic nitrogens is 4. The van der Waals surface area contributed by atoms with E-state index >= 15 is 0 Å². The van der Waals surface area contributed by atoms with Gasteiger partial charge >= 0.3 is 0 Å². The number of benzene rings is 1. The minimum absolute atomic E-state index is 0.575. The fraction of sp³-hybridized carbons (Fsp3) is 0.368. The number of aryl methyl sites for hydroxylation is 1. The fourth-order valence-corrected chi connectivity index (χ4v) is 3.48. The molecule has 5 heteroatoms. The third kappa shape index (κ3) is 3.26. The molecular formula is C19H23N5. The van der Waals surface area contributed by atoms with Crippen molar-refractivity contribution in [2.45, 2.75) is 32.2 Å². The summed E-state index contributed by atoms with van der Waals surface area (Å²) in [5.41, 5.74) is 3.65. The van der Waals surface area contributed by atoms with E-state index in [9.17, 15) is 0 Å². The fourth-order valence-electron chi connectivity index (χ4n) is 3.48. The van der Waals surface area contributed by atoms with Crippen molar-refractivity contribution in [2.75, 3.05) is 13.1 Å². The van der Waals surface area contributed by atoms with E-state index in [1.54, 1.807) is 0 Å². The highest BCUT2D eigenvalue weighted by Gasteiger charge is 2.22. The summed E-state index contributed by atoms with van der Waals surface area (Å²) in [6.07, 6.45) is 10.2. The van der Waals surface area contributed by atoms with Gasteiger partial charge in [-0.2, -0.15) is 5.10 Å². The minimum atomic E-state index is 0.575. The summed E-state index contributed by atoms with van der Waals surface area (Å²) in [6.45, 7) is 5.30. The lowest BCUT2D eigenvalue weighted by molar-refractivity contribution is 0.202. The van der Waals surface area contributed by atoms with Crippen molar-refractivity contribution >= 4 is 0 Å². The Morgan fingerprint density at radius 2 is 2.12 bits per heavy atom. The van der Waals surface area contributed by atoms with Crippen molar-refractivity contribution in [3.8, 4) is 5.69 Å². The zero-order valence-electron chi connectivity index (χ0n) is 14.0. The van der Waals surface area contributed by atoms with E-state index in [2.05, 4.69) is 57.4 Å². The average Bonchev–Trinajstić information content (AvgIpc) is 3.27. The Labute approximate surface area is 142 Å². The Kier molecular flexibility index (Phi) is 4.17. The standard InChI is InChI=1S/C19H23N5/c1-15-3-2-4-18(11-15)24-14-16(12-22-24)13-23-9-5-17(6-10-23)19-20-7-8-21-19/h2-4,7-8,11-12,14,17H,5-6,9-10,13H2,1H3,(H,20,21). The largest absolute Gasteiger partial charge is 0.348 e. The van der Waals surface area contributed by atoms with E-state index in [4.69, 9.17) is 0 Å². The molecule has 0 amide bonds. The van der Waals surface area contributed by atoms with Gasteiger partial charge in [0.1, 0.15) is 5.82 Å². The first-order valence-corrected chi connectivity index (χ1v) is 8.60. The van der Waals surface area contributed by atoms with Gasteiger partial charge in [-0.1, -0.05) is 12.1 Å². The van der Waals surface area contributed by atoms with Crippen LogP contribution in [0.2, 0.25) is 0 Å². The minimum Gasteiger partial charge on any atom is -0.348 e. The van der Waals surface area contributed by atoms with Gasteiger partial charge in [-0.15, -0.1) is 0 Å². The molecule has 0 aliphatic carbocycles. The van der Waals surface area contributed by atoms with Crippen LogP contribution in [0.4, 0.5) is 0 Å². The third-order valence-corrected chi connectivity index (χ3v) is 4.80. The molecule has 1 aromatic carbocycles. The number of H-pyrrole nitrogens is 1. The smallest absolute Gasteiger partial charge is 0.109 e. The van der Waals surface area contributed by atoms with Gasteiger partial charge in [-0.25, -0.2) is 9.67 Å². The van der Waals surface area contributed by atoms with Crippen LogP contribution >= 0.6 is 0 Å². The number of likely N-dealkylation sites (tertiary alicyclic amines) is 1. The highest BCUT2D eigenvalue weighted by Crippen LogP contribution is 2.26. The van der Waals surface area contributed by atoms with Crippen LogP contribution in [-0.4, -0.2) is 37.7 Å². The molecule has 0 bridgehead atoms. The third-order valence-electron chi connectivity index (χ3n) is 4.80. The summed E-state index contributed by atoms with van der Waals surface area (Å²) in [4.78, 5) is 10.2. The van der Waals surface area contributed by atoms with E-state index in [0.717, 1.165) is 31.1 Å². The number of nitrogens with one attached hydrogen (secondary N) is 1. The SMILES string of the molecule is Cc1cccc(-n2cc(CN3CCC(c4ncc[nH]4)CC3)cn2)c1. The summed E-state index contributed by atoms with van der Waals surface area (Å²) in [7, 11) is 0. The Bertz CT molecular complexity index is 782. The van der Waals surface area contributed by atoms with Crippen LogP contribution < -0.4 is 0 Å². The molecule has 1 aliphatic rings. The molecule has 0 spiro atoms. The van der Waals surface area contributed by atoms with Gasteiger partial charge in [0, 0.05) is 36.6 Å². The number of hydrogen-bond acceptors (Lipinski definition) is 3. The lowest BCUT2D eigenvalue weighted by Crippen LogP contribution is -2.32. The van der Waals surface area contributed by atoms with Crippen LogP contribution in [0.1, 0.15) is 35.7 Å². The van der Waals surface area contributed by atoms with Gasteiger partial charge < -0.3 is 4.98 Å². The molecule has 0 atom stereocenters. The number of rotatable bonds is 4. The van der Waals surface area contributed by atoms with Crippen molar-refractivity contribution in [3.05, 3.63) is 66.0 Å². The maximum Gasteiger partial charge on any atom is 0.109 e. The molecule has 1 fully saturated rings. The van der Waals surface area contributed by atoms with Gasteiger partial charge in [0.25, 0.3) is 0 Å². The second kappa shape index (κ2) is 6.61. The van der Waals surface area contributed by atoms with Gasteiger partial charge in [0.05, 0.1) is 11.9 Å². The molecule has 24 heavy (non-hydrogen) atoms. The molecule has 0 unspecified atom stereocenters. The van der Waals surface area contributed by atoms with E-state index < -0.39 is 0 Å². The Morgan fingerprint density at radius 1 is 1.25 bits per heavy atom. The second-order valence-electron chi connectivity index (χ2n) is 6.66. The van der Waals surface area contributed by atoms with Gasteiger partial charge in [0.2, 0.25) is 0 Å². The quantitative estimate of drug-likeness (QED) is 0.802. The molecule has 3 heterocycles. The second-order valence-corrected chi connectivity index (χ2v) is 6.66. The zero-order chi connectivity index (χ0) is 16.4. The Balaban J connectivity index is 1.37. The van der Waals surface area contributed by atoms with Crippen LogP contribution in [0.3, 0.4) is 0 Å². The molecule has 4 rings (SSSR count). The van der Waals surface area contributed by atoms with E-state index in [-0.39, 0.29) is 0 Å². The molecule has 0 saturated carbocycles. The lowest BCUT2D eigenvalue weighted by atomic mass is 9.96. The van der Waals surface area contributed by atoms with E-state index in [1.165, 1.54) is 24.0 Å². The van der Waals surface area contributed by atoms with Crippen molar-refractivity contribution in [3.63, 3.8) is 0 Å². The maximum atomic E-state index is 4.52. The summed E-state index contributed by atoms with van der Waals surface area (Å²) in [5.74, 6) is 1.72. The normalized spacial score (nSPS) is 16.5. The highest BCUT2D eigenvalue weighted by atomic mass is 15.3. The number of aromatic amines is 1. The first kappa shape index (κ1) is 15.1. The molecular weight excluding hydrogens is 298 g/mol. The summed E-state index contributed by atoms with van der Waals surface area (Å²) >= 11 is 0. The first-order chi connectivity index (χ1) is 11.8. The summed E-state index contributed by atoms with van der Waals surface area (Å²) in [5, 5.41) is 4.52. The predicted octanol–water partition coefficient (Wildman–Crippen LogP) is 3.28. The van der Waals surface area contributed by atoms with Gasteiger partial charge in [0.15, 0.2) is 0 Å². The number of nitrogens with zero attached hydrogens (tertiary/aromatic N) is 4. The van der Waals surface area contributed by atoms with E-state index in [0.29, 0.717) is 5.92 Å². The maximum absolute atomic E-state index is 4.52. The highest BCUT2D eigenvalue weighted by molar-refractivity contribution is 5.35. The predicted molar refractivity (Wildman–Crippen MR) is 94.1 cm³/mol. The molecule has 124 valence electrons. The first-order valence-electron chi connectivity index (χ1n) is 8.60. The number of hydrogen-bond donors (Lipinski definition) is 1. The van der Waals surface area contributed by atoms with Crippen molar-refractivity contribution < 1.29 is 0 Å². The van der Waals surface area contributed by atoms with Gasteiger partial charge in [-0.05, 0) is 50.6 Å². The van der Waals surface area contributed by atoms with Crippen LogP contribution in [0, 0.1) is 6.92 Å².